The second-order valence-electron chi connectivity index (χ2n) is 1.80. The minimum atomic E-state index is -2.70. The topological polar surface area (TPSA) is 55.2 Å². The molecule has 2 heterocycles. The van der Waals surface area contributed by atoms with Crippen molar-refractivity contribution >= 4 is 0 Å². The third kappa shape index (κ3) is 1.17. The maximum atomic E-state index is 9.08. The summed E-state index contributed by atoms with van der Waals surface area (Å²) in [6, 6.07) is 0. The summed E-state index contributed by atoms with van der Waals surface area (Å²) in [5.74, 6) is -3.46. The molecule has 0 unspecified atom stereocenters. The number of hydrogen-bond acceptors (Lipinski definition) is 4. The van der Waals surface area contributed by atoms with Crippen molar-refractivity contribution in [1.29, 1.82) is 0 Å². The van der Waals surface area contributed by atoms with Gasteiger partial charge in [0.15, 0.2) is 0 Å². The molecule has 0 amide bonds. The van der Waals surface area contributed by atoms with E-state index in [1.165, 1.54) is 0 Å². The monoisotopic (exact) mass is 159 g/mol. The zero-order valence-corrected chi connectivity index (χ0v) is 5.25. The summed E-state index contributed by atoms with van der Waals surface area (Å²) in [6.07, 6.45) is -1.53. The van der Waals surface area contributed by atoms with Gasteiger partial charge in [0.1, 0.15) is 0 Å². The van der Waals surface area contributed by atoms with Gasteiger partial charge in [-0.25, -0.2) is 4.98 Å². The fourth-order valence-corrected chi connectivity index (χ4v) is 0.572. The fraction of sp³-hybridized carbons (Fsp3) is 0.429. The van der Waals surface area contributed by atoms with Crippen LogP contribution in [0.3, 0.4) is 0 Å². The van der Waals surface area contributed by atoms with Gasteiger partial charge in [0.25, 0.3) is 0 Å². The lowest BCUT2D eigenvalue weighted by molar-refractivity contribution is 0.00651. The number of nitrogens with zero attached hydrogens (tertiary/aromatic N) is 2. The van der Waals surface area contributed by atoms with Crippen LogP contribution in [0.15, 0.2) is 12.3 Å². The highest BCUT2D eigenvalue weighted by Gasteiger charge is 2.21. The maximum absolute atomic E-state index is 9.08. The number of ether oxygens (including phenoxy) is 1. The van der Waals surface area contributed by atoms with Crippen LogP contribution in [0.25, 0.3) is 0 Å². The van der Waals surface area contributed by atoms with Crippen LogP contribution >= 0.6 is 0 Å². The van der Waals surface area contributed by atoms with E-state index in [2.05, 4.69) is 14.7 Å². The van der Waals surface area contributed by atoms with Crippen molar-refractivity contribution in [1.82, 2.24) is 9.97 Å². The van der Waals surface area contributed by atoms with Gasteiger partial charge in [-0.05, 0) is 0 Å². The molecule has 0 bridgehead atoms. The van der Waals surface area contributed by atoms with E-state index in [9.17, 15) is 0 Å². The summed E-state index contributed by atoms with van der Waals surface area (Å²) in [5, 5.41) is 9.08. The maximum Gasteiger partial charge on any atom is 0.229 e. The Balaban J connectivity index is 2.64. The smallest absolute Gasteiger partial charge is 0.229 e. The predicted octanol–water partition coefficient (Wildman–Crippen LogP) is 0.296. The zero-order chi connectivity index (χ0) is 13.9. The lowest BCUT2D eigenvalue weighted by atomic mass is 10.1. The molecule has 0 radical (unpaired) electrons. The zero-order valence-electron chi connectivity index (χ0n) is 12.2. The van der Waals surface area contributed by atoms with Crippen molar-refractivity contribution in [3.05, 3.63) is 18.0 Å². The van der Waals surface area contributed by atoms with Gasteiger partial charge in [-0.1, -0.05) is 0 Å². The van der Waals surface area contributed by atoms with Crippen molar-refractivity contribution in [2.45, 2.75) is 5.89 Å². The number of aromatic nitrogens is 2. The van der Waals surface area contributed by atoms with E-state index in [-0.39, 0.29) is 0 Å². The van der Waals surface area contributed by atoms with Crippen LogP contribution < -0.4 is 0 Å². The molecule has 1 aliphatic heterocycles. The highest BCUT2D eigenvalue weighted by Crippen LogP contribution is 2.21. The first-order valence-corrected chi connectivity index (χ1v) is 2.78. The normalized spacial score (nSPS) is 39.1. The molecule has 1 N–H and O–H groups in total. The Morgan fingerprint density at radius 1 is 1.73 bits per heavy atom. The largest absolute Gasteiger partial charge is 0.492 e. The molecule has 0 aromatic carbocycles. The van der Waals surface area contributed by atoms with Crippen LogP contribution in [-0.2, 0) is 4.74 Å². The minimum Gasteiger partial charge on any atom is -0.492 e. The molecule has 2 rings (SSSR count). The van der Waals surface area contributed by atoms with Crippen LogP contribution in [-0.4, -0.2) is 28.2 Å². The van der Waals surface area contributed by atoms with E-state index in [0.717, 1.165) is 0 Å². The Morgan fingerprint density at radius 3 is 3.27 bits per heavy atom. The summed E-state index contributed by atoms with van der Waals surface area (Å²) in [7, 11) is 0. The van der Waals surface area contributed by atoms with Gasteiger partial charge in [0.05, 0.1) is 39.4 Å². The van der Waals surface area contributed by atoms with Gasteiger partial charge >= 0.3 is 0 Å². The number of aromatic hydroxyl groups is 1. The van der Waals surface area contributed by atoms with E-state index in [0.29, 0.717) is 0 Å². The van der Waals surface area contributed by atoms with Gasteiger partial charge < -0.3 is 9.84 Å². The summed E-state index contributed by atoms with van der Waals surface area (Å²) < 4.78 is 56.3. The lowest BCUT2D eigenvalue weighted by Gasteiger charge is -2.24. The molecule has 0 aliphatic carbocycles. The van der Waals surface area contributed by atoms with E-state index in [4.69, 9.17) is 14.7 Å². The van der Waals surface area contributed by atoms with Crippen LogP contribution in [0.4, 0.5) is 0 Å². The second-order valence-corrected chi connectivity index (χ2v) is 1.80. The SMILES string of the molecule is [2H]c1nc(C2([2H])C([2H])([2H])OC2([2H])[2H])c([2H])nc1O. The summed E-state index contributed by atoms with van der Waals surface area (Å²) >= 11 is 0. The summed E-state index contributed by atoms with van der Waals surface area (Å²) in [4.78, 5) is 6.59. The van der Waals surface area contributed by atoms with E-state index in [1.807, 2.05) is 0 Å². The molecule has 0 spiro atoms. The first-order valence-electron chi connectivity index (χ1n) is 6.28. The molecule has 1 aliphatic rings. The van der Waals surface area contributed by atoms with E-state index >= 15 is 0 Å². The van der Waals surface area contributed by atoms with Crippen LogP contribution in [0, 0.1) is 0 Å². The van der Waals surface area contributed by atoms with E-state index < -0.39 is 42.9 Å². The lowest BCUT2D eigenvalue weighted by Crippen LogP contribution is -2.25. The molecular weight excluding hydrogens is 144 g/mol. The molecule has 11 heavy (non-hydrogen) atoms. The molecule has 4 nitrogen and oxygen atoms in total. The van der Waals surface area contributed by atoms with Crippen molar-refractivity contribution in [2.75, 3.05) is 13.1 Å². The molecular formula is C7H8N2O2. The molecule has 58 valence electrons. The molecule has 1 fully saturated rings. The van der Waals surface area contributed by atoms with E-state index in [1.54, 1.807) is 0 Å². The van der Waals surface area contributed by atoms with Gasteiger partial charge in [0, 0.05) is 7.26 Å². The molecule has 1 saturated heterocycles. The van der Waals surface area contributed by atoms with Crippen molar-refractivity contribution in [2.24, 2.45) is 0 Å². The van der Waals surface area contributed by atoms with Gasteiger partial charge in [-0.2, -0.15) is 0 Å². The molecule has 1 aromatic rings. The van der Waals surface area contributed by atoms with Crippen molar-refractivity contribution in [3.8, 4) is 5.88 Å². The Kier molecular flexibility index (Phi) is 0.542. The quantitative estimate of drug-likeness (QED) is 0.640. The Bertz CT molecular complexity index is 507. The first kappa shape index (κ1) is 2.42. The van der Waals surface area contributed by atoms with Gasteiger partial charge in [-0.3, -0.25) is 4.98 Å². The third-order valence-electron chi connectivity index (χ3n) is 1.08. The summed E-state index contributed by atoms with van der Waals surface area (Å²) in [5.41, 5.74) is -0.688. The Labute approximate surface area is 73.7 Å². The Hall–Kier alpha value is -1.16. The van der Waals surface area contributed by atoms with Crippen LogP contribution in [0.5, 0.6) is 5.88 Å². The van der Waals surface area contributed by atoms with Crippen LogP contribution in [0.1, 0.15) is 21.2 Å². The molecule has 0 saturated carbocycles. The molecule has 4 heteroatoms. The number of rotatable bonds is 1. The van der Waals surface area contributed by atoms with Gasteiger partial charge in [-0.15, -0.1) is 0 Å². The highest BCUT2D eigenvalue weighted by atomic mass is 16.5. The Morgan fingerprint density at radius 2 is 2.55 bits per heavy atom. The standard InChI is InChI=1S/C7H8N2O2/c10-7-2-8-6(1-9-7)5-3-11-4-5/h1-2,5H,3-4H2,(H,9,10)/i1D,2D,3D2,4D2,5D. The molecule has 1 aromatic heterocycles. The third-order valence-corrected chi connectivity index (χ3v) is 1.08. The minimum absolute atomic E-state index is 0.688. The summed E-state index contributed by atoms with van der Waals surface area (Å²) in [6.45, 7) is -5.41. The highest BCUT2D eigenvalue weighted by molar-refractivity contribution is 5.11. The number of hydrogen-bond donors (Lipinski definition) is 1. The van der Waals surface area contributed by atoms with Crippen molar-refractivity contribution < 1.29 is 19.4 Å². The second kappa shape index (κ2) is 2.47. The van der Waals surface area contributed by atoms with Crippen molar-refractivity contribution in [3.63, 3.8) is 0 Å². The average molecular weight is 159 g/mol. The molecule has 0 atom stereocenters. The average Bonchev–Trinajstić information content (AvgIpc) is 2.20. The fourth-order valence-electron chi connectivity index (χ4n) is 0.572. The first-order chi connectivity index (χ1) is 8.03. The van der Waals surface area contributed by atoms with Gasteiger partial charge in [0.2, 0.25) is 5.88 Å². The predicted molar refractivity (Wildman–Crippen MR) is 37.3 cm³/mol. The van der Waals surface area contributed by atoms with Crippen LogP contribution in [0.2, 0.25) is 0 Å².